The minimum absolute atomic E-state index is 0.0588. The van der Waals surface area contributed by atoms with Crippen LogP contribution in [0.3, 0.4) is 0 Å². The van der Waals surface area contributed by atoms with Gasteiger partial charge < -0.3 is 37.6 Å². The number of carbonyl (C=O) groups is 4. The van der Waals surface area contributed by atoms with Crippen molar-refractivity contribution in [3.63, 3.8) is 0 Å². The highest BCUT2D eigenvalue weighted by Gasteiger charge is 2.32. The molecule has 0 heterocycles. The highest BCUT2D eigenvalue weighted by molar-refractivity contribution is 5.94. The molecule has 1 rings (SSSR count). The fourth-order valence-corrected chi connectivity index (χ4v) is 3.83. The molecule has 214 valence electrons. The highest BCUT2D eigenvalue weighted by atomic mass is 16.4. The van der Waals surface area contributed by atoms with Gasteiger partial charge in [-0.15, -0.1) is 0 Å². The molecule has 3 amide bonds. The lowest BCUT2D eigenvalue weighted by Gasteiger charge is -2.27. The van der Waals surface area contributed by atoms with Gasteiger partial charge in [0.15, 0.2) is 0 Å². The number of carboxylic acids is 1. The smallest absolute Gasteiger partial charge is 0.326 e. The molecule has 0 aliphatic carbocycles. The molecular formula is C27H45N5O6. The van der Waals surface area contributed by atoms with Gasteiger partial charge in [0, 0.05) is 6.42 Å². The Balaban J connectivity index is 3.18. The molecule has 0 aliphatic rings. The molecule has 0 fully saturated rings. The van der Waals surface area contributed by atoms with E-state index < -0.39 is 47.9 Å². The van der Waals surface area contributed by atoms with Gasteiger partial charge in [-0.25, -0.2) is 4.79 Å². The number of unbranched alkanes of at least 4 members (excludes halogenated alkanes) is 1. The van der Waals surface area contributed by atoms with Gasteiger partial charge in [-0.3, -0.25) is 14.4 Å². The first-order valence-corrected chi connectivity index (χ1v) is 13.3. The number of amides is 3. The summed E-state index contributed by atoms with van der Waals surface area (Å²) < 4.78 is 0. The van der Waals surface area contributed by atoms with Crippen molar-refractivity contribution < 1.29 is 29.4 Å². The molecule has 6 unspecified atom stereocenters. The van der Waals surface area contributed by atoms with Crippen molar-refractivity contribution in [3.05, 3.63) is 29.8 Å². The second-order valence-corrected chi connectivity index (χ2v) is 9.90. The molecule has 0 saturated heterocycles. The number of benzene rings is 1. The maximum atomic E-state index is 13.4. The Morgan fingerprint density at radius 1 is 0.842 bits per heavy atom. The lowest BCUT2D eigenvalue weighted by molar-refractivity contribution is -0.144. The van der Waals surface area contributed by atoms with E-state index in [1.807, 2.05) is 20.8 Å². The number of aromatic hydroxyl groups is 1. The van der Waals surface area contributed by atoms with Crippen molar-refractivity contribution in [3.8, 4) is 5.75 Å². The van der Waals surface area contributed by atoms with Crippen LogP contribution in [0, 0.1) is 11.8 Å². The zero-order chi connectivity index (χ0) is 28.8. The van der Waals surface area contributed by atoms with E-state index in [4.69, 9.17) is 11.5 Å². The first kappa shape index (κ1) is 32.8. The molecule has 38 heavy (non-hydrogen) atoms. The summed E-state index contributed by atoms with van der Waals surface area (Å²) in [5, 5.41) is 27.2. The Hall–Kier alpha value is -3.18. The van der Waals surface area contributed by atoms with Gasteiger partial charge in [0.2, 0.25) is 17.7 Å². The van der Waals surface area contributed by atoms with E-state index >= 15 is 0 Å². The van der Waals surface area contributed by atoms with Crippen molar-refractivity contribution in [2.75, 3.05) is 6.54 Å². The Labute approximate surface area is 225 Å². The molecule has 0 spiro atoms. The number of phenols is 1. The molecule has 11 nitrogen and oxygen atoms in total. The third kappa shape index (κ3) is 10.7. The van der Waals surface area contributed by atoms with Gasteiger partial charge in [0.05, 0.1) is 6.04 Å². The lowest BCUT2D eigenvalue weighted by atomic mass is 9.97. The molecule has 11 heteroatoms. The van der Waals surface area contributed by atoms with Gasteiger partial charge in [0.25, 0.3) is 0 Å². The Morgan fingerprint density at radius 2 is 1.39 bits per heavy atom. The zero-order valence-electron chi connectivity index (χ0n) is 22.9. The van der Waals surface area contributed by atoms with Gasteiger partial charge in [0.1, 0.15) is 23.9 Å². The van der Waals surface area contributed by atoms with E-state index in [2.05, 4.69) is 16.0 Å². The van der Waals surface area contributed by atoms with Crippen LogP contribution in [-0.2, 0) is 25.6 Å². The number of rotatable bonds is 17. The number of hydrogen-bond donors (Lipinski definition) is 7. The van der Waals surface area contributed by atoms with Crippen LogP contribution in [0.15, 0.2) is 24.3 Å². The van der Waals surface area contributed by atoms with Crippen LogP contribution in [0.5, 0.6) is 5.75 Å². The van der Waals surface area contributed by atoms with Crippen LogP contribution in [0.2, 0.25) is 0 Å². The maximum Gasteiger partial charge on any atom is 0.326 e. The first-order chi connectivity index (χ1) is 17.9. The summed E-state index contributed by atoms with van der Waals surface area (Å²) in [6, 6.07) is 2.19. The quantitative estimate of drug-likeness (QED) is 0.143. The Kier molecular flexibility index (Phi) is 14.4. The van der Waals surface area contributed by atoms with E-state index in [9.17, 15) is 29.4 Å². The second kappa shape index (κ2) is 16.6. The third-order valence-electron chi connectivity index (χ3n) is 6.93. The second-order valence-electron chi connectivity index (χ2n) is 9.90. The molecule has 0 aromatic heterocycles. The van der Waals surface area contributed by atoms with Crippen LogP contribution in [0.1, 0.15) is 65.4 Å². The SMILES string of the molecule is CCC(C)C(N)C(=O)NC(Cc1ccc(O)cc1)C(=O)NC(CCCCN)C(=O)NC(C(=O)O)C(C)CC. The number of aliphatic carboxylic acids is 1. The van der Waals surface area contributed by atoms with Gasteiger partial charge >= 0.3 is 5.97 Å². The maximum absolute atomic E-state index is 13.4. The topological polar surface area (TPSA) is 197 Å². The van der Waals surface area contributed by atoms with Crippen molar-refractivity contribution in [1.29, 1.82) is 0 Å². The first-order valence-electron chi connectivity index (χ1n) is 13.3. The number of hydrogen-bond acceptors (Lipinski definition) is 7. The number of carboxylic acid groups (broad SMARTS) is 1. The van der Waals surface area contributed by atoms with E-state index in [0.29, 0.717) is 37.8 Å². The lowest BCUT2D eigenvalue weighted by Crippen LogP contribution is -2.58. The fraction of sp³-hybridized carbons (Fsp3) is 0.630. The van der Waals surface area contributed by atoms with E-state index in [1.165, 1.54) is 12.1 Å². The Bertz CT molecular complexity index is 910. The van der Waals surface area contributed by atoms with Crippen LogP contribution < -0.4 is 27.4 Å². The average molecular weight is 536 g/mol. The molecule has 0 radical (unpaired) electrons. The van der Waals surface area contributed by atoms with Crippen LogP contribution in [-0.4, -0.2) is 64.6 Å². The monoisotopic (exact) mass is 535 g/mol. The summed E-state index contributed by atoms with van der Waals surface area (Å²) in [5.74, 6) is -3.25. The zero-order valence-corrected chi connectivity index (χ0v) is 22.9. The normalized spacial score (nSPS) is 15.8. The van der Waals surface area contributed by atoms with E-state index in [-0.39, 0.29) is 30.4 Å². The molecule has 0 saturated carbocycles. The summed E-state index contributed by atoms with van der Waals surface area (Å²) in [6.07, 6.45) is 2.70. The van der Waals surface area contributed by atoms with Crippen molar-refractivity contribution in [1.82, 2.24) is 16.0 Å². The number of phenolic OH excluding ortho intramolecular Hbond substituents is 1. The minimum atomic E-state index is -1.16. The summed E-state index contributed by atoms with van der Waals surface area (Å²) in [4.78, 5) is 51.2. The average Bonchev–Trinajstić information content (AvgIpc) is 2.90. The summed E-state index contributed by atoms with van der Waals surface area (Å²) in [6.45, 7) is 7.71. The third-order valence-corrected chi connectivity index (χ3v) is 6.93. The molecule has 0 bridgehead atoms. The van der Waals surface area contributed by atoms with Crippen LogP contribution >= 0.6 is 0 Å². The Morgan fingerprint density at radius 3 is 1.92 bits per heavy atom. The number of nitrogens with one attached hydrogen (secondary N) is 3. The molecule has 1 aromatic rings. The number of carbonyl (C=O) groups excluding carboxylic acids is 3. The molecule has 9 N–H and O–H groups in total. The molecular weight excluding hydrogens is 490 g/mol. The van der Waals surface area contributed by atoms with Gasteiger partial charge in [-0.05, 0) is 55.3 Å². The summed E-state index contributed by atoms with van der Waals surface area (Å²) in [5.41, 5.74) is 12.3. The minimum Gasteiger partial charge on any atom is -0.508 e. The van der Waals surface area contributed by atoms with Crippen LogP contribution in [0.25, 0.3) is 0 Å². The van der Waals surface area contributed by atoms with Crippen molar-refractivity contribution in [2.24, 2.45) is 23.3 Å². The molecule has 6 atom stereocenters. The number of nitrogens with two attached hydrogens (primary N) is 2. The molecule has 0 aliphatic heterocycles. The van der Waals surface area contributed by atoms with E-state index in [0.717, 1.165) is 0 Å². The van der Waals surface area contributed by atoms with Crippen molar-refractivity contribution >= 4 is 23.7 Å². The predicted octanol–water partition coefficient (Wildman–Crippen LogP) is 1.02. The van der Waals surface area contributed by atoms with Crippen LogP contribution in [0.4, 0.5) is 0 Å². The summed E-state index contributed by atoms with van der Waals surface area (Å²) >= 11 is 0. The summed E-state index contributed by atoms with van der Waals surface area (Å²) in [7, 11) is 0. The fourth-order valence-electron chi connectivity index (χ4n) is 3.83. The van der Waals surface area contributed by atoms with Crippen molar-refractivity contribution in [2.45, 2.75) is 90.4 Å². The standard InChI is InChI=1S/C27H45N5O6/c1-5-16(3)22(29)26(36)31-21(15-18-10-12-19(33)13-11-18)25(35)30-20(9-7-8-14-28)24(34)32-23(27(37)38)17(4)6-2/h10-13,16-17,20-23,33H,5-9,14-15,28-29H2,1-4H3,(H,30,35)(H,31,36)(H,32,34)(H,37,38). The molecule has 1 aromatic carbocycles. The van der Waals surface area contributed by atoms with Gasteiger partial charge in [-0.2, -0.15) is 0 Å². The predicted molar refractivity (Wildman–Crippen MR) is 145 cm³/mol. The highest BCUT2D eigenvalue weighted by Crippen LogP contribution is 2.14. The van der Waals surface area contributed by atoms with Gasteiger partial charge in [-0.1, -0.05) is 52.7 Å². The van der Waals surface area contributed by atoms with E-state index in [1.54, 1.807) is 19.1 Å². The largest absolute Gasteiger partial charge is 0.508 e.